The number of rotatable bonds is 6. The number of benzene rings is 1. The van der Waals surface area contributed by atoms with E-state index in [0.717, 1.165) is 0 Å². The number of Topliss-reactive ketones (excluding diaryl/α,β-unsaturated/α-hetero) is 4. The molecule has 0 aromatic heterocycles. The van der Waals surface area contributed by atoms with E-state index in [1.165, 1.54) is 13.8 Å². The van der Waals surface area contributed by atoms with Crippen LogP contribution in [0.1, 0.15) is 82.0 Å². The molecule has 0 bridgehead atoms. The van der Waals surface area contributed by atoms with E-state index in [-0.39, 0.29) is 80.4 Å². The zero-order valence-electron chi connectivity index (χ0n) is 16.9. The molecule has 0 saturated carbocycles. The quantitative estimate of drug-likeness (QED) is 0.431. The summed E-state index contributed by atoms with van der Waals surface area (Å²) in [6.45, 7) is 11.8. The normalized spacial score (nSPS) is 9.88. The number of carbonyl (C=O) groups is 4. The van der Waals surface area contributed by atoms with Crippen LogP contribution < -0.4 is 51.4 Å². The number of hydrogen-bond donors (Lipinski definition) is 0. The topological polar surface area (TPSA) is 68.3 Å². The first kappa shape index (κ1) is 29.3. The van der Waals surface area contributed by atoms with E-state index >= 15 is 0 Å². The van der Waals surface area contributed by atoms with Crippen LogP contribution in [0.25, 0.3) is 0 Å². The van der Waals surface area contributed by atoms with Gasteiger partial charge in [-0.15, -0.1) is 24.3 Å². The van der Waals surface area contributed by atoms with Crippen molar-refractivity contribution in [3.63, 3.8) is 0 Å². The molecule has 0 heterocycles. The molecule has 1 rings (SSSR count). The molecule has 0 aliphatic carbocycles. The molecular formula is C20H29KO4. The van der Waals surface area contributed by atoms with Crippen molar-refractivity contribution in [1.82, 2.24) is 0 Å². The Morgan fingerprint density at radius 3 is 1.84 bits per heavy atom. The van der Waals surface area contributed by atoms with Gasteiger partial charge in [-0.2, -0.15) is 0 Å². The van der Waals surface area contributed by atoms with Gasteiger partial charge in [0.2, 0.25) is 0 Å². The Kier molecular flexibility index (Phi) is 19.9. The first-order valence-electron chi connectivity index (χ1n) is 8.19. The molecule has 0 radical (unpaired) electrons. The Bertz CT molecular complexity index is 532. The van der Waals surface area contributed by atoms with Crippen LogP contribution >= 0.6 is 0 Å². The van der Waals surface area contributed by atoms with Gasteiger partial charge in [0.1, 0.15) is 17.3 Å². The first-order chi connectivity index (χ1) is 11.2. The predicted molar refractivity (Wildman–Crippen MR) is 96.4 cm³/mol. The van der Waals surface area contributed by atoms with E-state index in [2.05, 4.69) is 6.07 Å². The average Bonchev–Trinajstić information content (AvgIpc) is 2.54. The Morgan fingerprint density at radius 2 is 1.52 bits per heavy atom. The second-order valence-corrected chi connectivity index (χ2v) is 5.32. The molecule has 134 valence electrons. The van der Waals surface area contributed by atoms with Crippen LogP contribution in [0.2, 0.25) is 0 Å². The molecule has 0 saturated heterocycles. The van der Waals surface area contributed by atoms with Gasteiger partial charge in [-0.1, -0.05) is 31.9 Å². The van der Waals surface area contributed by atoms with Crippen LogP contribution in [0.4, 0.5) is 0 Å². The first-order valence-corrected chi connectivity index (χ1v) is 8.19. The minimum Gasteiger partial charge on any atom is -0.352 e. The summed E-state index contributed by atoms with van der Waals surface area (Å²) in [5, 5.41) is 0. The minimum atomic E-state index is -0.124. The summed E-state index contributed by atoms with van der Waals surface area (Å²) in [6.07, 6.45) is 1.23. The summed E-state index contributed by atoms with van der Waals surface area (Å²) in [5.74, 6) is 0.149. The summed E-state index contributed by atoms with van der Waals surface area (Å²) in [4.78, 5) is 43.1. The third kappa shape index (κ3) is 14.4. The summed E-state index contributed by atoms with van der Waals surface area (Å²) < 4.78 is 0. The number of ketones is 4. The van der Waals surface area contributed by atoms with Gasteiger partial charge in [0.15, 0.2) is 0 Å². The van der Waals surface area contributed by atoms with Gasteiger partial charge in [0, 0.05) is 12.3 Å². The van der Waals surface area contributed by atoms with Crippen molar-refractivity contribution in [3.05, 3.63) is 35.4 Å². The maximum Gasteiger partial charge on any atom is 1.00 e. The fraction of sp³-hybridized carbons (Fsp3) is 0.500. The molecular weight excluding hydrogens is 343 g/mol. The van der Waals surface area contributed by atoms with Gasteiger partial charge in [0.05, 0.1) is 5.78 Å². The molecule has 0 fully saturated rings. The minimum absolute atomic E-state index is 0. The van der Waals surface area contributed by atoms with E-state index < -0.39 is 0 Å². The molecule has 0 N–H and O–H groups in total. The molecule has 0 aliphatic rings. The van der Waals surface area contributed by atoms with Gasteiger partial charge in [-0.05, 0) is 34.1 Å². The Morgan fingerprint density at radius 1 is 1.00 bits per heavy atom. The van der Waals surface area contributed by atoms with Crippen molar-refractivity contribution in [3.8, 4) is 0 Å². The van der Waals surface area contributed by atoms with Crippen molar-refractivity contribution in [2.24, 2.45) is 5.92 Å². The Balaban J connectivity index is -0.000000345. The Hall–Kier alpha value is -0.464. The fourth-order valence-electron chi connectivity index (χ4n) is 1.64. The largest absolute Gasteiger partial charge is 1.00 e. The maximum absolute atomic E-state index is 11.0. The van der Waals surface area contributed by atoms with Crippen LogP contribution in [0, 0.1) is 12.0 Å². The molecule has 1 aromatic rings. The summed E-state index contributed by atoms with van der Waals surface area (Å²) >= 11 is 0. The maximum atomic E-state index is 11.0. The number of hydrogen-bond acceptors (Lipinski definition) is 4. The zero-order chi connectivity index (χ0) is 19.3. The molecule has 0 aliphatic heterocycles. The summed E-state index contributed by atoms with van der Waals surface area (Å²) in [6, 6.07) is 7.71. The summed E-state index contributed by atoms with van der Waals surface area (Å²) in [7, 11) is 0. The number of carbonyl (C=O) groups excluding carboxylic acids is 4. The molecule has 25 heavy (non-hydrogen) atoms. The van der Waals surface area contributed by atoms with E-state index in [9.17, 15) is 19.2 Å². The second-order valence-electron chi connectivity index (χ2n) is 5.32. The van der Waals surface area contributed by atoms with Crippen LogP contribution in [0.3, 0.4) is 0 Å². The molecule has 5 heteroatoms. The van der Waals surface area contributed by atoms with E-state index in [1.54, 1.807) is 32.0 Å². The Labute approximate surface area is 194 Å². The van der Waals surface area contributed by atoms with Crippen molar-refractivity contribution in [2.45, 2.75) is 61.3 Å². The molecule has 4 nitrogen and oxygen atoms in total. The van der Waals surface area contributed by atoms with Gasteiger partial charge in [-0.25, -0.2) is 0 Å². The third-order valence-electron chi connectivity index (χ3n) is 3.21. The van der Waals surface area contributed by atoms with Crippen LogP contribution in [0.5, 0.6) is 0 Å². The van der Waals surface area contributed by atoms with Crippen molar-refractivity contribution >= 4 is 23.1 Å². The standard InChI is InChI=1S/C10H9O2.C8H14O2.C2H6.K/c1-7(11)9-5-3-4-6-10(9)8(2)12;1-6(8(3)10)4-5-7(2)9;1-2;/h3-5H,1-2H3;6H,4-5H2,1-3H3;1-2H3;/q-1;;;+1. The molecule has 0 spiro atoms. The van der Waals surface area contributed by atoms with Gasteiger partial charge in [0.25, 0.3) is 0 Å². The molecule has 0 amide bonds. The van der Waals surface area contributed by atoms with Crippen molar-refractivity contribution < 1.29 is 70.6 Å². The SMILES string of the molecule is CC.CC(=O)CCC(C)C(C)=O.CC(=O)c1[c-]cccc1C(C)=O.[K+]. The molecule has 1 unspecified atom stereocenters. The van der Waals surface area contributed by atoms with Crippen LogP contribution in [0.15, 0.2) is 18.2 Å². The zero-order valence-corrected chi connectivity index (χ0v) is 20.0. The van der Waals surface area contributed by atoms with Crippen LogP contribution in [-0.2, 0) is 9.59 Å². The smallest absolute Gasteiger partial charge is 0.352 e. The van der Waals surface area contributed by atoms with Crippen molar-refractivity contribution in [1.29, 1.82) is 0 Å². The van der Waals surface area contributed by atoms with Crippen molar-refractivity contribution in [2.75, 3.05) is 0 Å². The van der Waals surface area contributed by atoms with E-state index in [4.69, 9.17) is 0 Å². The van der Waals surface area contributed by atoms with Gasteiger partial charge < -0.3 is 14.4 Å². The summed E-state index contributed by atoms with van der Waals surface area (Å²) in [5.41, 5.74) is 0.829. The van der Waals surface area contributed by atoms with Gasteiger partial charge in [-0.3, -0.25) is 4.79 Å². The molecule has 1 atom stereocenters. The second kappa shape index (κ2) is 17.0. The predicted octanol–water partition coefficient (Wildman–Crippen LogP) is 1.50. The third-order valence-corrected chi connectivity index (χ3v) is 3.21. The van der Waals surface area contributed by atoms with Gasteiger partial charge >= 0.3 is 51.4 Å². The fourth-order valence-corrected chi connectivity index (χ4v) is 1.64. The molecule has 1 aromatic carbocycles. The van der Waals surface area contributed by atoms with Crippen LogP contribution in [-0.4, -0.2) is 23.1 Å². The van der Waals surface area contributed by atoms with E-state index in [0.29, 0.717) is 24.0 Å². The monoisotopic (exact) mass is 372 g/mol. The average molecular weight is 373 g/mol. The van der Waals surface area contributed by atoms with E-state index in [1.807, 2.05) is 20.8 Å².